The van der Waals surface area contributed by atoms with Crippen LogP contribution in [0.2, 0.25) is 0 Å². The van der Waals surface area contributed by atoms with Crippen molar-refractivity contribution in [2.24, 2.45) is 0 Å². The fourth-order valence-electron chi connectivity index (χ4n) is 2.51. The molecule has 0 aliphatic carbocycles. The van der Waals surface area contributed by atoms with Crippen molar-refractivity contribution in [2.45, 2.75) is 33.3 Å². The maximum Gasteiger partial charge on any atom is 0.410 e. The molecule has 0 radical (unpaired) electrons. The SMILES string of the molecule is C=C/C(=C\C=C/C)c1nc(C(=O)N2CCN(C(=O)OC(C)(C)C)CC2)cs1. The molecule has 1 fully saturated rings. The van der Waals surface area contributed by atoms with Crippen molar-refractivity contribution in [2.75, 3.05) is 26.2 Å². The Hall–Kier alpha value is -2.41. The van der Waals surface area contributed by atoms with Crippen LogP contribution in [0.5, 0.6) is 0 Å². The van der Waals surface area contributed by atoms with Crippen molar-refractivity contribution in [1.82, 2.24) is 14.8 Å². The van der Waals surface area contributed by atoms with Crippen molar-refractivity contribution in [3.63, 3.8) is 0 Å². The third-order valence-electron chi connectivity index (χ3n) is 3.88. The first-order valence-electron chi connectivity index (χ1n) is 8.93. The molecule has 6 nitrogen and oxygen atoms in total. The van der Waals surface area contributed by atoms with Gasteiger partial charge in [0.05, 0.1) is 0 Å². The summed E-state index contributed by atoms with van der Waals surface area (Å²) in [6, 6.07) is 0. The molecule has 0 N–H and O–H groups in total. The molecule has 1 aromatic heterocycles. The van der Waals surface area contributed by atoms with Crippen LogP contribution in [-0.4, -0.2) is 58.6 Å². The first kappa shape index (κ1) is 20.9. The zero-order valence-electron chi connectivity index (χ0n) is 16.4. The van der Waals surface area contributed by atoms with Crippen LogP contribution in [0.4, 0.5) is 4.79 Å². The van der Waals surface area contributed by atoms with Crippen LogP contribution in [-0.2, 0) is 4.74 Å². The molecule has 0 aromatic carbocycles. The maximum atomic E-state index is 12.7. The first-order chi connectivity index (χ1) is 12.7. The molecule has 0 atom stereocenters. The normalized spacial score (nSPS) is 15.9. The minimum Gasteiger partial charge on any atom is -0.444 e. The van der Waals surface area contributed by atoms with Crippen LogP contribution >= 0.6 is 11.3 Å². The molecule has 0 unspecified atom stereocenters. The van der Waals surface area contributed by atoms with E-state index >= 15 is 0 Å². The van der Waals surface area contributed by atoms with Gasteiger partial charge in [0.2, 0.25) is 0 Å². The Labute approximate surface area is 164 Å². The van der Waals surface area contributed by atoms with Gasteiger partial charge in [-0.2, -0.15) is 0 Å². The van der Waals surface area contributed by atoms with E-state index in [0.717, 1.165) is 10.6 Å². The molecular formula is C20H27N3O3S. The van der Waals surface area contributed by atoms with Gasteiger partial charge in [-0.1, -0.05) is 30.9 Å². The summed E-state index contributed by atoms with van der Waals surface area (Å²) in [5.41, 5.74) is 0.783. The summed E-state index contributed by atoms with van der Waals surface area (Å²) in [6.07, 6.45) is 7.14. The van der Waals surface area contributed by atoms with Gasteiger partial charge in [0.25, 0.3) is 5.91 Å². The number of nitrogens with zero attached hydrogens (tertiary/aromatic N) is 3. The van der Waals surface area contributed by atoms with Crippen LogP contribution in [0.3, 0.4) is 0 Å². The lowest BCUT2D eigenvalue weighted by Crippen LogP contribution is -2.51. The highest BCUT2D eigenvalue weighted by Crippen LogP contribution is 2.22. The van der Waals surface area contributed by atoms with E-state index in [2.05, 4.69) is 11.6 Å². The van der Waals surface area contributed by atoms with Crippen LogP contribution in [0.25, 0.3) is 5.57 Å². The molecule has 0 saturated carbocycles. The van der Waals surface area contributed by atoms with Crippen LogP contribution in [0.15, 0.2) is 36.3 Å². The minimum atomic E-state index is -0.523. The Balaban J connectivity index is 1.98. The highest BCUT2D eigenvalue weighted by atomic mass is 32.1. The third kappa shape index (κ3) is 5.79. The number of ether oxygens (including phenoxy) is 1. The average molecular weight is 390 g/mol. The lowest BCUT2D eigenvalue weighted by Gasteiger charge is -2.35. The Bertz CT molecular complexity index is 751. The number of hydrogen-bond acceptors (Lipinski definition) is 5. The van der Waals surface area contributed by atoms with Gasteiger partial charge in [-0.3, -0.25) is 4.79 Å². The fourth-order valence-corrected chi connectivity index (χ4v) is 3.33. The predicted octanol–water partition coefficient (Wildman–Crippen LogP) is 3.98. The lowest BCUT2D eigenvalue weighted by molar-refractivity contribution is 0.0140. The van der Waals surface area contributed by atoms with Crippen molar-refractivity contribution < 1.29 is 14.3 Å². The summed E-state index contributed by atoms with van der Waals surface area (Å²) in [6.45, 7) is 13.1. The molecule has 0 spiro atoms. The molecule has 146 valence electrons. The second-order valence-electron chi connectivity index (χ2n) is 7.15. The standard InChI is InChI=1S/C20H27N3O3S/c1-6-8-9-15(7-2)17-21-16(14-27-17)18(24)22-10-12-23(13-11-22)19(25)26-20(3,4)5/h6-9,14H,2,10-13H2,1,3-5H3/b8-6-,15-9+. The van der Waals surface area contributed by atoms with Gasteiger partial charge < -0.3 is 14.5 Å². The molecular weight excluding hydrogens is 362 g/mol. The van der Waals surface area contributed by atoms with Crippen LogP contribution < -0.4 is 0 Å². The number of hydrogen-bond donors (Lipinski definition) is 0. The zero-order valence-corrected chi connectivity index (χ0v) is 17.2. The van der Waals surface area contributed by atoms with E-state index in [1.54, 1.807) is 21.3 Å². The number of carbonyl (C=O) groups excluding carboxylic acids is 2. The van der Waals surface area contributed by atoms with Gasteiger partial charge in [0.1, 0.15) is 16.3 Å². The van der Waals surface area contributed by atoms with E-state index < -0.39 is 5.60 Å². The second kappa shape index (κ2) is 8.99. The quantitative estimate of drug-likeness (QED) is 0.731. The highest BCUT2D eigenvalue weighted by molar-refractivity contribution is 7.11. The van der Waals surface area contributed by atoms with Gasteiger partial charge in [-0.15, -0.1) is 11.3 Å². The molecule has 27 heavy (non-hydrogen) atoms. The number of piperazine rings is 1. The molecule has 2 heterocycles. The number of carbonyl (C=O) groups is 2. The number of amides is 2. The fraction of sp³-hybridized carbons (Fsp3) is 0.450. The van der Waals surface area contributed by atoms with E-state index in [0.29, 0.717) is 31.9 Å². The topological polar surface area (TPSA) is 62.7 Å². The number of allylic oxidation sites excluding steroid dienone is 5. The Morgan fingerprint density at radius 3 is 2.41 bits per heavy atom. The average Bonchev–Trinajstić information content (AvgIpc) is 3.10. The second-order valence-corrected chi connectivity index (χ2v) is 8.01. The van der Waals surface area contributed by atoms with Gasteiger partial charge in [-0.25, -0.2) is 9.78 Å². The molecule has 1 aromatic rings. The molecule has 2 amide bonds. The number of rotatable bonds is 4. The van der Waals surface area contributed by atoms with Crippen molar-refractivity contribution in [1.29, 1.82) is 0 Å². The van der Waals surface area contributed by atoms with Gasteiger partial charge in [0.15, 0.2) is 0 Å². The molecule has 7 heteroatoms. The predicted molar refractivity (Wildman–Crippen MR) is 109 cm³/mol. The van der Waals surface area contributed by atoms with E-state index in [1.807, 2.05) is 45.9 Å². The summed E-state index contributed by atoms with van der Waals surface area (Å²) in [5, 5.41) is 2.53. The maximum absolute atomic E-state index is 12.7. The first-order valence-corrected chi connectivity index (χ1v) is 9.81. The third-order valence-corrected chi connectivity index (χ3v) is 4.77. The van der Waals surface area contributed by atoms with Crippen molar-refractivity contribution >= 4 is 28.9 Å². The molecule has 1 saturated heterocycles. The minimum absolute atomic E-state index is 0.115. The summed E-state index contributed by atoms with van der Waals surface area (Å²) >= 11 is 1.42. The summed E-state index contributed by atoms with van der Waals surface area (Å²) in [7, 11) is 0. The lowest BCUT2D eigenvalue weighted by atomic mass is 10.2. The molecule has 0 bridgehead atoms. The smallest absolute Gasteiger partial charge is 0.410 e. The van der Waals surface area contributed by atoms with E-state index in [9.17, 15) is 9.59 Å². The van der Waals surface area contributed by atoms with E-state index in [1.165, 1.54) is 11.3 Å². The van der Waals surface area contributed by atoms with Crippen LogP contribution in [0, 0.1) is 0 Å². The molecule has 1 aliphatic rings. The van der Waals surface area contributed by atoms with E-state index in [-0.39, 0.29) is 12.0 Å². The van der Waals surface area contributed by atoms with Crippen molar-refractivity contribution in [3.05, 3.63) is 47.0 Å². The summed E-state index contributed by atoms with van der Waals surface area (Å²) in [5.74, 6) is -0.115. The Morgan fingerprint density at radius 1 is 1.22 bits per heavy atom. The van der Waals surface area contributed by atoms with E-state index in [4.69, 9.17) is 4.74 Å². The Morgan fingerprint density at radius 2 is 1.85 bits per heavy atom. The number of aromatic nitrogens is 1. The molecule has 2 rings (SSSR count). The monoisotopic (exact) mass is 389 g/mol. The zero-order chi connectivity index (χ0) is 20.0. The van der Waals surface area contributed by atoms with Gasteiger partial charge in [-0.05, 0) is 27.7 Å². The van der Waals surface area contributed by atoms with Gasteiger partial charge >= 0.3 is 6.09 Å². The summed E-state index contributed by atoms with van der Waals surface area (Å²) in [4.78, 5) is 32.7. The highest BCUT2D eigenvalue weighted by Gasteiger charge is 2.28. The summed E-state index contributed by atoms with van der Waals surface area (Å²) < 4.78 is 5.38. The van der Waals surface area contributed by atoms with Gasteiger partial charge in [0, 0.05) is 37.1 Å². The number of thiazole rings is 1. The van der Waals surface area contributed by atoms with Crippen LogP contribution in [0.1, 0.15) is 43.2 Å². The van der Waals surface area contributed by atoms with Crippen molar-refractivity contribution in [3.8, 4) is 0 Å². The molecule has 1 aliphatic heterocycles. The Kier molecular flexibility index (Phi) is 6.96. The largest absolute Gasteiger partial charge is 0.444 e.